The van der Waals surface area contributed by atoms with Crippen LogP contribution >= 0.6 is 11.3 Å². The standard InChI is InChI=1S/C21H19FN4OS/c22-15-5-7-16(8-6-15)25-21-26-17(13-28-21)11-20(27)23-10-9-14-12-24-19-4-2-1-3-18(14)19/h1-8,12-13,24H,9-11H2,(H,23,27)(H,25,26). The van der Waals surface area contributed by atoms with Crippen molar-refractivity contribution in [2.75, 3.05) is 11.9 Å². The number of aromatic amines is 1. The monoisotopic (exact) mass is 394 g/mol. The lowest BCUT2D eigenvalue weighted by Gasteiger charge is -2.04. The van der Waals surface area contributed by atoms with Crippen LogP contribution < -0.4 is 10.6 Å². The maximum atomic E-state index is 13.0. The molecule has 28 heavy (non-hydrogen) atoms. The van der Waals surface area contributed by atoms with E-state index in [1.807, 2.05) is 29.8 Å². The molecule has 0 fully saturated rings. The second-order valence-electron chi connectivity index (χ2n) is 6.41. The van der Waals surface area contributed by atoms with Gasteiger partial charge in [-0.2, -0.15) is 0 Å². The molecule has 2 aromatic heterocycles. The average molecular weight is 394 g/mol. The first-order valence-corrected chi connectivity index (χ1v) is 9.84. The van der Waals surface area contributed by atoms with Crippen LogP contribution in [0.3, 0.4) is 0 Å². The van der Waals surface area contributed by atoms with E-state index in [2.05, 4.69) is 26.7 Å². The highest BCUT2D eigenvalue weighted by atomic mass is 32.1. The summed E-state index contributed by atoms with van der Waals surface area (Å²) in [7, 11) is 0. The highest BCUT2D eigenvalue weighted by Crippen LogP contribution is 2.21. The first kappa shape index (κ1) is 18.2. The number of nitrogens with one attached hydrogen (secondary N) is 3. The number of para-hydroxylation sites is 1. The Balaban J connectivity index is 1.27. The fourth-order valence-electron chi connectivity index (χ4n) is 3.00. The van der Waals surface area contributed by atoms with Crippen LogP contribution in [0.2, 0.25) is 0 Å². The molecule has 142 valence electrons. The van der Waals surface area contributed by atoms with Gasteiger partial charge in [0.1, 0.15) is 5.82 Å². The van der Waals surface area contributed by atoms with Crippen LogP contribution in [0.4, 0.5) is 15.2 Å². The van der Waals surface area contributed by atoms with Crippen LogP contribution in [0.1, 0.15) is 11.3 Å². The van der Waals surface area contributed by atoms with Crippen molar-refractivity contribution in [3.05, 3.63) is 77.2 Å². The fraction of sp³-hybridized carbons (Fsp3) is 0.143. The SMILES string of the molecule is O=C(Cc1csc(Nc2ccc(F)cc2)n1)NCCc1c[nH]c2ccccc12. The van der Waals surface area contributed by atoms with Crippen LogP contribution in [0.5, 0.6) is 0 Å². The van der Waals surface area contributed by atoms with E-state index in [-0.39, 0.29) is 18.1 Å². The summed E-state index contributed by atoms with van der Waals surface area (Å²) in [6, 6.07) is 14.2. The summed E-state index contributed by atoms with van der Waals surface area (Å²) in [5, 5.41) is 9.77. The van der Waals surface area contributed by atoms with Gasteiger partial charge in [0, 0.05) is 34.7 Å². The number of rotatable bonds is 7. The predicted molar refractivity (Wildman–Crippen MR) is 111 cm³/mol. The number of aromatic nitrogens is 2. The average Bonchev–Trinajstić information content (AvgIpc) is 3.31. The topological polar surface area (TPSA) is 69.8 Å². The molecule has 3 N–H and O–H groups in total. The minimum absolute atomic E-state index is 0.0570. The Hall–Kier alpha value is -3.19. The van der Waals surface area contributed by atoms with Crippen molar-refractivity contribution in [2.45, 2.75) is 12.8 Å². The zero-order valence-electron chi connectivity index (χ0n) is 15.0. The molecule has 4 rings (SSSR count). The molecule has 0 bridgehead atoms. The summed E-state index contributed by atoms with van der Waals surface area (Å²) in [6.45, 7) is 0.575. The number of halogens is 1. The summed E-state index contributed by atoms with van der Waals surface area (Å²) in [4.78, 5) is 19.9. The van der Waals surface area contributed by atoms with E-state index < -0.39 is 0 Å². The first-order valence-electron chi connectivity index (χ1n) is 8.96. The van der Waals surface area contributed by atoms with Crippen LogP contribution in [-0.2, 0) is 17.6 Å². The fourth-order valence-corrected chi connectivity index (χ4v) is 3.73. The van der Waals surface area contributed by atoms with Gasteiger partial charge in [-0.3, -0.25) is 4.79 Å². The number of nitrogens with zero attached hydrogens (tertiary/aromatic N) is 1. The number of H-pyrrole nitrogens is 1. The quantitative estimate of drug-likeness (QED) is 0.435. The molecule has 0 aliphatic heterocycles. The largest absolute Gasteiger partial charge is 0.361 e. The lowest BCUT2D eigenvalue weighted by Crippen LogP contribution is -2.27. The van der Waals surface area contributed by atoms with E-state index in [1.165, 1.54) is 34.4 Å². The lowest BCUT2D eigenvalue weighted by molar-refractivity contribution is -0.120. The number of anilines is 2. The van der Waals surface area contributed by atoms with E-state index in [0.717, 1.165) is 17.6 Å². The maximum Gasteiger partial charge on any atom is 0.226 e. The molecule has 2 aromatic carbocycles. The number of fused-ring (bicyclic) bond motifs is 1. The van der Waals surface area contributed by atoms with Crippen molar-refractivity contribution >= 4 is 39.0 Å². The van der Waals surface area contributed by atoms with Crippen LogP contribution in [-0.4, -0.2) is 22.4 Å². The predicted octanol–water partition coefficient (Wildman–Crippen LogP) is 4.41. The van der Waals surface area contributed by atoms with Crippen molar-refractivity contribution in [1.82, 2.24) is 15.3 Å². The Morgan fingerprint density at radius 2 is 1.96 bits per heavy atom. The summed E-state index contributed by atoms with van der Waals surface area (Å²) >= 11 is 1.41. The third-order valence-electron chi connectivity index (χ3n) is 4.38. The molecule has 0 saturated heterocycles. The van der Waals surface area contributed by atoms with Gasteiger partial charge in [-0.25, -0.2) is 9.37 Å². The van der Waals surface area contributed by atoms with E-state index >= 15 is 0 Å². The van der Waals surface area contributed by atoms with Gasteiger partial charge >= 0.3 is 0 Å². The number of thiazole rings is 1. The molecule has 0 radical (unpaired) electrons. The molecule has 4 aromatic rings. The molecule has 0 atom stereocenters. The Labute approximate surface area is 165 Å². The minimum atomic E-state index is -0.283. The van der Waals surface area contributed by atoms with E-state index in [1.54, 1.807) is 12.1 Å². The summed E-state index contributed by atoms with van der Waals surface area (Å²) in [5.74, 6) is -0.340. The number of carbonyl (C=O) groups excluding carboxylic acids is 1. The molecular weight excluding hydrogens is 375 g/mol. The van der Waals surface area contributed by atoms with E-state index in [0.29, 0.717) is 17.4 Å². The van der Waals surface area contributed by atoms with Crippen molar-refractivity contribution in [3.8, 4) is 0 Å². The molecule has 7 heteroatoms. The molecular formula is C21H19FN4OS. The van der Waals surface area contributed by atoms with E-state index in [4.69, 9.17) is 0 Å². The van der Waals surface area contributed by atoms with Crippen molar-refractivity contribution < 1.29 is 9.18 Å². The summed E-state index contributed by atoms with van der Waals surface area (Å²) in [6.07, 6.45) is 2.99. The van der Waals surface area contributed by atoms with Crippen molar-refractivity contribution in [2.24, 2.45) is 0 Å². The molecule has 5 nitrogen and oxygen atoms in total. The lowest BCUT2D eigenvalue weighted by atomic mass is 10.1. The van der Waals surface area contributed by atoms with Gasteiger partial charge in [0.15, 0.2) is 5.13 Å². The van der Waals surface area contributed by atoms with Crippen LogP contribution in [0, 0.1) is 5.82 Å². The number of hydrogen-bond donors (Lipinski definition) is 3. The number of hydrogen-bond acceptors (Lipinski definition) is 4. The highest BCUT2D eigenvalue weighted by Gasteiger charge is 2.09. The Morgan fingerprint density at radius 3 is 2.82 bits per heavy atom. The van der Waals surface area contributed by atoms with Gasteiger partial charge in [-0.1, -0.05) is 18.2 Å². The van der Waals surface area contributed by atoms with Gasteiger partial charge in [0.25, 0.3) is 0 Å². The van der Waals surface area contributed by atoms with E-state index in [9.17, 15) is 9.18 Å². The molecule has 0 saturated carbocycles. The molecule has 2 heterocycles. The number of amides is 1. The van der Waals surface area contributed by atoms with Gasteiger partial charge in [-0.05, 0) is 42.3 Å². The molecule has 0 aliphatic carbocycles. The van der Waals surface area contributed by atoms with Crippen molar-refractivity contribution in [3.63, 3.8) is 0 Å². The maximum absolute atomic E-state index is 13.0. The van der Waals surface area contributed by atoms with Gasteiger partial charge in [0.2, 0.25) is 5.91 Å². The Bertz CT molecular complexity index is 1090. The third-order valence-corrected chi connectivity index (χ3v) is 5.19. The highest BCUT2D eigenvalue weighted by molar-refractivity contribution is 7.13. The van der Waals surface area contributed by atoms with Gasteiger partial charge < -0.3 is 15.6 Å². The normalized spacial score (nSPS) is 10.9. The molecule has 1 amide bonds. The first-order chi connectivity index (χ1) is 13.7. The second kappa shape index (κ2) is 8.22. The molecule has 0 unspecified atom stereocenters. The van der Waals surface area contributed by atoms with Crippen molar-refractivity contribution in [1.29, 1.82) is 0 Å². The van der Waals surface area contributed by atoms with Crippen LogP contribution in [0.15, 0.2) is 60.1 Å². The summed E-state index contributed by atoms with van der Waals surface area (Å²) in [5.41, 5.74) is 3.76. The molecule has 0 aliphatic rings. The smallest absolute Gasteiger partial charge is 0.226 e. The Morgan fingerprint density at radius 1 is 1.14 bits per heavy atom. The number of benzene rings is 2. The minimum Gasteiger partial charge on any atom is -0.361 e. The number of carbonyl (C=O) groups is 1. The van der Waals surface area contributed by atoms with Gasteiger partial charge in [0.05, 0.1) is 12.1 Å². The Kier molecular flexibility index (Phi) is 5.34. The zero-order valence-corrected chi connectivity index (χ0v) is 15.9. The third kappa shape index (κ3) is 4.37. The van der Waals surface area contributed by atoms with Gasteiger partial charge in [-0.15, -0.1) is 11.3 Å². The molecule has 0 spiro atoms. The van der Waals surface area contributed by atoms with Crippen LogP contribution in [0.25, 0.3) is 10.9 Å². The zero-order chi connectivity index (χ0) is 19.3. The summed E-state index contributed by atoms with van der Waals surface area (Å²) < 4.78 is 13.0. The second-order valence-corrected chi connectivity index (χ2v) is 7.27.